The van der Waals surface area contributed by atoms with Crippen molar-refractivity contribution in [1.29, 1.82) is 0 Å². The smallest absolute Gasteiger partial charge is 0.326 e. The quantitative estimate of drug-likeness (QED) is 0.442. The Hall–Kier alpha value is -2.82. The van der Waals surface area contributed by atoms with Crippen molar-refractivity contribution in [2.24, 2.45) is 5.92 Å². The molecule has 40 heavy (non-hydrogen) atoms. The first kappa shape index (κ1) is 30.1. The molecule has 1 heterocycles. The second-order valence-corrected chi connectivity index (χ2v) is 13.1. The molecule has 2 amide bonds. The minimum atomic E-state index is -3.88. The number of nitrogens with zero attached hydrogens (tertiary/aromatic N) is 3. The average molecular weight is 591 g/mol. The number of hydrogen-bond donors (Lipinski definition) is 2. The van der Waals surface area contributed by atoms with Crippen LogP contribution >= 0.6 is 11.6 Å². The molecule has 2 atom stereocenters. The van der Waals surface area contributed by atoms with E-state index in [2.05, 4.69) is 5.32 Å². The molecule has 2 aliphatic rings. The fourth-order valence-corrected chi connectivity index (χ4v) is 7.59. The molecule has 1 aliphatic carbocycles. The third kappa shape index (κ3) is 6.39. The Morgan fingerprint density at radius 2 is 1.82 bits per heavy atom. The highest BCUT2D eigenvalue weighted by molar-refractivity contribution is 7.89. The van der Waals surface area contributed by atoms with E-state index < -0.39 is 28.1 Å². The van der Waals surface area contributed by atoms with Crippen molar-refractivity contribution in [2.75, 3.05) is 32.1 Å². The number of aliphatic carboxylic acids is 1. The molecule has 0 saturated heterocycles. The molecule has 2 N–H and O–H groups in total. The number of sulfonamides is 1. The summed E-state index contributed by atoms with van der Waals surface area (Å²) in [5.74, 6) is -0.910. The zero-order valence-electron chi connectivity index (χ0n) is 23.3. The van der Waals surface area contributed by atoms with Crippen LogP contribution < -0.4 is 10.2 Å². The second-order valence-electron chi connectivity index (χ2n) is 10.7. The van der Waals surface area contributed by atoms with E-state index in [1.165, 1.54) is 15.6 Å². The highest BCUT2D eigenvalue weighted by Gasteiger charge is 2.41. The van der Waals surface area contributed by atoms with Crippen LogP contribution in [0, 0.1) is 5.92 Å². The predicted octanol–water partition coefficient (Wildman–Crippen LogP) is 5.11. The number of carbonyl (C=O) groups is 2. The highest BCUT2D eigenvalue weighted by Crippen LogP contribution is 2.42. The lowest BCUT2D eigenvalue weighted by atomic mass is 9.83. The maximum absolute atomic E-state index is 14.1. The second kappa shape index (κ2) is 12.8. The molecule has 0 radical (unpaired) electrons. The Morgan fingerprint density at radius 1 is 1.15 bits per heavy atom. The summed E-state index contributed by atoms with van der Waals surface area (Å²) in [6.45, 7) is 2.73. The van der Waals surface area contributed by atoms with Crippen molar-refractivity contribution in [3.63, 3.8) is 0 Å². The van der Waals surface area contributed by atoms with Crippen LogP contribution in [0.2, 0.25) is 5.02 Å². The van der Waals surface area contributed by atoms with Crippen LogP contribution in [0.25, 0.3) is 0 Å². The molecule has 0 bridgehead atoms. The Kier molecular flexibility index (Phi) is 9.64. The molecule has 0 spiro atoms. The zero-order valence-corrected chi connectivity index (χ0v) is 24.9. The number of carbonyl (C=O) groups excluding carboxylic acids is 1. The number of carboxylic acids is 1. The van der Waals surface area contributed by atoms with Crippen LogP contribution in [0.3, 0.4) is 0 Å². The van der Waals surface area contributed by atoms with Crippen LogP contribution in [0.15, 0.2) is 47.4 Å². The first-order chi connectivity index (χ1) is 19.0. The van der Waals surface area contributed by atoms with Crippen molar-refractivity contribution in [2.45, 2.75) is 68.8 Å². The van der Waals surface area contributed by atoms with Gasteiger partial charge in [0, 0.05) is 43.9 Å². The highest BCUT2D eigenvalue weighted by atomic mass is 35.5. The van der Waals surface area contributed by atoms with Gasteiger partial charge in [0.25, 0.3) is 0 Å². The van der Waals surface area contributed by atoms with Crippen molar-refractivity contribution in [1.82, 2.24) is 14.5 Å². The van der Waals surface area contributed by atoms with Crippen LogP contribution in [0.1, 0.15) is 51.0 Å². The van der Waals surface area contributed by atoms with Gasteiger partial charge in [-0.25, -0.2) is 18.0 Å². The lowest BCUT2D eigenvalue weighted by molar-refractivity contribution is -0.139. The minimum absolute atomic E-state index is 0.0557. The minimum Gasteiger partial charge on any atom is -0.480 e. The molecule has 0 unspecified atom stereocenters. The Morgan fingerprint density at radius 3 is 2.45 bits per heavy atom. The number of aryl methyl sites for hydroxylation is 1. The van der Waals surface area contributed by atoms with Crippen LogP contribution in [-0.4, -0.2) is 74.0 Å². The number of para-hydroxylation sites is 1. The van der Waals surface area contributed by atoms with Crippen LogP contribution in [0.5, 0.6) is 0 Å². The van der Waals surface area contributed by atoms with Crippen molar-refractivity contribution in [3.05, 3.63) is 53.1 Å². The number of likely N-dealkylation sites (N-methyl/N-ethyl adjacent to an activating group) is 1. The molecule has 0 aromatic heterocycles. The summed E-state index contributed by atoms with van der Waals surface area (Å²) < 4.78 is 29.8. The maximum atomic E-state index is 14.1. The van der Waals surface area contributed by atoms with Crippen molar-refractivity contribution in [3.8, 4) is 0 Å². The van der Waals surface area contributed by atoms with E-state index in [0.717, 1.165) is 31.4 Å². The molecule has 2 aromatic rings. The summed E-state index contributed by atoms with van der Waals surface area (Å²) in [5, 5.41) is 12.6. The first-order valence-electron chi connectivity index (χ1n) is 13.9. The summed E-state index contributed by atoms with van der Waals surface area (Å²) in [7, 11) is -0.635. The number of hydrogen-bond acceptors (Lipinski definition) is 5. The average Bonchev–Trinajstić information content (AvgIpc) is 3.03. The number of amides is 2. The van der Waals surface area contributed by atoms with Gasteiger partial charge in [-0.2, -0.15) is 4.31 Å². The number of nitrogens with one attached hydrogen (secondary N) is 1. The van der Waals surface area contributed by atoms with E-state index in [0.29, 0.717) is 29.4 Å². The fourth-order valence-electron chi connectivity index (χ4n) is 5.71. The van der Waals surface area contributed by atoms with Gasteiger partial charge in [0.05, 0.1) is 5.69 Å². The van der Waals surface area contributed by atoms with E-state index in [-0.39, 0.29) is 29.7 Å². The molecule has 11 heteroatoms. The van der Waals surface area contributed by atoms with Gasteiger partial charge < -0.3 is 20.2 Å². The summed E-state index contributed by atoms with van der Waals surface area (Å²) in [4.78, 5) is 27.8. The lowest BCUT2D eigenvalue weighted by Gasteiger charge is -2.36. The number of carboxylic acid groups (broad SMARTS) is 1. The molecule has 4 rings (SSSR count). The van der Waals surface area contributed by atoms with Gasteiger partial charge in [-0.05, 0) is 68.4 Å². The van der Waals surface area contributed by atoms with E-state index in [4.69, 9.17) is 11.6 Å². The third-order valence-corrected chi connectivity index (χ3v) is 10.6. The summed E-state index contributed by atoms with van der Waals surface area (Å²) in [6.07, 6.45) is 5.58. The molecule has 1 aliphatic heterocycles. The van der Waals surface area contributed by atoms with Gasteiger partial charge in [-0.15, -0.1) is 0 Å². The topological polar surface area (TPSA) is 110 Å². The number of anilines is 2. The van der Waals surface area contributed by atoms with Gasteiger partial charge in [0.15, 0.2) is 0 Å². The van der Waals surface area contributed by atoms with E-state index >= 15 is 0 Å². The standard InChI is InChI=1S/C29H39ClN4O5S/c1-4-32(2)29(37)31-24(28(35)36)16-15-21-17-27-25(18-23(21)30)34(22-13-9-6-10-14-22)19-26(33(3)40(27,38)39)20-11-7-5-8-12-20/h6,9-10,13-14,17-18,20,24,26H,4-5,7-8,11-12,15-16,19H2,1-3H3,(H,31,37)(H,35,36)/t24-,26+/m1/s1. The van der Waals surface area contributed by atoms with E-state index in [1.807, 2.05) is 35.2 Å². The molecule has 1 saturated carbocycles. The SMILES string of the molecule is CCN(C)C(=O)N[C@H](CCc1cc2c(cc1Cl)N(c1ccccc1)C[C@@H](C1CCCCC1)N(C)S2(=O)=O)C(=O)O. The van der Waals surface area contributed by atoms with Crippen LogP contribution in [0.4, 0.5) is 16.2 Å². The zero-order chi connectivity index (χ0) is 29.0. The molecule has 1 fully saturated rings. The monoisotopic (exact) mass is 590 g/mol. The Labute approximate surface area is 242 Å². The Bertz CT molecular complexity index is 1320. The Balaban J connectivity index is 1.72. The number of benzene rings is 2. The normalized spacial score (nSPS) is 20.3. The number of urea groups is 1. The summed E-state index contributed by atoms with van der Waals surface area (Å²) >= 11 is 6.75. The van der Waals surface area contributed by atoms with Gasteiger partial charge >= 0.3 is 12.0 Å². The van der Waals surface area contributed by atoms with E-state index in [9.17, 15) is 23.1 Å². The predicted molar refractivity (Wildman–Crippen MR) is 157 cm³/mol. The van der Waals surface area contributed by atoms with Gasteiger partial charge in [0.2, 0.25) is 10.0 Å². The molecular weight excluding hydrogens is 552 g/mol. The molecule has 9 nitrogen and oxygen atoms in total. The number of halogens is 1. The first-order valence-corrected chi connectivity index (χ1v) is 15.7. The summed E-state index contributed by atoms with van der Waals surface area (Å²) in [6, 6.07) is 11.2. The number of rotatable bonds is 8. The maximum Gasteiger partial charge on any atom is 0.326 e. The lowest BCUT2D eigenvalue weighted by Crippen LogP contribution is -2.46. The van der Waals surface area contributed by atoms with Crippen LogP contribution in [-0.2, 0) is 21.2 Å². The molecule has 2 aromatic carbocycles. The van der Waals surface area contributed by atoms with Crippen molar-refractivity contribution < 1.29 is 23.1 Å². The van der Waals surface area contributed by atoms with E-state index in [1.54, 1.807) is 33.2 Å². The van der Waals surface area contributed by atoms with Gasteiger partial charge in [-0.3, -0.25) is 0 Å². The fraction of sp³-hybridized carbons (Fsp3) is 0.517. The molecular formula is C29H39ClN4O5S. The van der Waals surface area contributed by atoms with Crippen molar-refractivity contribution >= 4 is 45.0 Å². The summed E-state index contributed by atoms with van der Waals surface area (Å²) in [5.41, 5.74) is 1.91. The van der Waals surface area contributed by atoms with Gasteiger partial charge in [-0.1, -0.05) is 49.1 Å². The largest absolute Gasteiger partial charge is 0.480 e. The third-order valence-electron chi connectivity index (χ3n) is 8.29. The number of fused-ring (bicyclic) bond motifs is 1. The molecule has 218 valence electrons. The van der Waals surface area contributed by atoms with Gasteiger partial charge in [0.1, 0.15) is 10.9 Å².